The third kappa shape index (κ3) is 8.13. The summed E-state index contributed by atoms with van der Waals surface area (Å²) in [6.45, 7) is 1.94. The summed E-state index contributed by atoms with van der Waals surface area (Å²) in [5, 5.41) is 10.0. The maximum atomic E-state index is 12.0. The molecule has 0 aliphatic heterocycles. The summed E-state index contributed by atoms with van der Waals surface area (Å²) in [7, 11) is 1.73. The summed E-state index contributed by atoms with van der Waals surface area (Å²) in [5.74, 6) is 1.73. The minimum absolute atomic E-state index is 0.185. The van der Waals surface area contributed by atoms with E-state index in [1.807, 2.05) is 11.8 Å². The van der Waals surface area contributed by atoms with Crippen LogP contribution in [0.1, 0.15) is 23.2 Å². The second-order valence-electron chi connectivity index (χ2n) is 5.01. The van der Waals surface area contributed by atoms with Gasteiger partial charge in [-0.25, -0.2) is 0 Å². The monoisotopic (exact) mass is 390 g/mol. The summed E-state index contributed by atoms with van der Waals surface area (Å²) in [6.07, 6.45) is 4.40. The van der Waals surface area contributed by atoms with Gasteiger partial charge in [-0.1, -0.05) is 23.2 Å². The average Bonchev–Trinajstić information content (AvgIpc) is 2.58. The number of nitrogens with one attached hydrogen (secondary N) is 3. The zero-order chi connectivity index (χ0) is 17.8. The number of hydrogen-bond acceptors (Lipinski definition) is 3. The first-order chi connectivity index (χ1) is 11.6. The Labute approximate surface area is 158 Å². The molecular formula is C16H24Cl2N4OS. The quantitative estimate of drug-likeness (QED) is 0.344. The van der Waals surface area contributed by atoms with Gasteiger partial charge in [-0.15, -0.1) is 0 Å². The summed E-state index contributed by atoms with van der Waals surface area (Å²) < 4.78 is 0. The van der Waals surface area contributed by atoms with Crippen molar-refractivity contribution in [1.29, 1.82) is 0 Å². The topological polar surface area (TPSA) is 65.5 Å². The number of carbonyl (C=O) groups is 1. The first-order valence-corrected chi connectivity index (χ1v) is 9.90. The number of carbonyl (C=O) groups excluding carboxylic acids is 1. The van der Waals surface area contributed by atoms with E-state index in [0.29, 0.717) is 28.7 Å². The highest BCUT2D eigenvalue weighted by Crippen LogP contribution is 2.22. The van der Waals surface area contributed by atoms with Crippen LogP contribution in [0.3, 0.4) is 0 Å². The van der Waals surface area contributed by atoms with Crippen LogP contribution in [0.15, 0.2) is 23.2 Å². The van der Waals surface area contributed by atoms with Crippen LogP contribution in [0.25, 0.3) is 0 Å². The number of unbranched alkanes of at least 4 members (excludes halogenated alkanes) is 1. The molecule has 0 aromatic heterocycles. The van der Waals surface area contributed by atoms with E-state index in [1.54, 1.807) is 25.2 Å². The SMILES string of the molecule is CN=C(NCCCCSC)NCCNC(=O)c1ccc(Cl)c(Cl)c1. The fraction of sp³-hybridized carbons (Fsp3) is 0.500. The Morgan fingerprint density at radius 1 is 1.08 bits per heavy atom. The Balaban J connectivity index is 2.23. The molecule has 24 heavy (non-hydrogen) atoms. The number of amides is 1. The van der Waals surface area contributed by atoms with E-state index in [1.165, 1.54) is 12.2 Å². The van der Waals surface area contributed by atoms with Gasteiger partial charge in [0, 0.05) is 32.2 Å². The van der Waals surface area contributed by atoms with Gasteiger partial charge in [-0.3, -0.25) is 9.79 Å². The highest BCUT2D eigenvalue weighted by Gasteiger charge is 2.07. The van der Waals surface area contributed by atoms with Crippen LogP contribution in [0.2, 0.25) is 10.0 Å². The molecule has 0 saturated heterocycles. The number of nitrogens with zero attached hydrogens (tertiary/aromatic N) is 1. The predicted octanol–water partition coefficient (Wildman–Crippen LogP) is 3.03. The summed E-state index contributed by atoms with van der Waals surface area (Å²) in [4.78, 5) is 16.2. The second kappa shape index (κ2) is 12.3. The summed E-state index contributed by atoms with van der Waals surface area (Å²) in [6, 6.07) is 4.81. The molecular weight excluding hydrogens is 367 g/mol. The van der Waals surface area contributed by atoms with Crippen molar-refractivity contribution < 1.29 is 4.79 Å². The molecule has 1 rings (SSSR count). The lowest BCUT2D eigenvalue weighted by Gasteiger charge is -2.12. The summed E-state index contributed by atoms with van der Waals surface area (Å²) in [5.41, 5.74) is 0.487. The largest absolute Gasteiger partial charge is 0.356 e. The van der Waals surface area contributed by atoms with Crippen molar-refractivity contribution >= 4 is 46.8 Å². The third-order valence-electron chi connectivity index (χ3n) is 3.18. The van der Waals surface area contributed by atoms with Crippen molar-refractivity contribution in [2.45, 2.75) is 12.8 Å². The highest BCUT2D eigenvalue weighted by atomic mass is 35.5. The molecule has 1 aromatic rings. The molecule has 0 atom stereocenters. The van der Waals surface area contributed by atoms with E-state index in [2.05, 4.69) is 27.2 Å². The van der Waals surface area contributed by atoms with Gasteiger partial charge in [0.2, 0.25) is 0 Å². The van der Waals surface area contributed by atoms with Gasteiger partial charge >= 0.3 is 0 Å². The van der Waals surface area contributed by atoms with Crippen molar-refractivity contribution in [2.75, 3.05) is 38.7 Å². The highest BCUT2D eigenvalue weighted by molar-refractivity contribution is 7.98. The number of hydrogen-bond donors (Lipinski definition) is 3. The van der Waals surface area contributed by atoms with Crippen molar-refractivity contribution in [3.63, 3.8) is 0 Å². The van der Waals surface area contributed by atoms with Gasteiger partial charge in [0.25, 0.3) is 5.91 Å². The van der Waals surface area contributed by atoms with Crippen molar-refractivity contribution in [3.8, 4) is 0 Å². The van der Waals surface area contributed by atoms with Gasteiger partial charge in [0.15, 0.2) is 5.96 Å². The Kier molecular flexibility index (Phi) is 10.7. The molecule has 0 unspecified atom stereocenters. The first-order valence-electron chi connectivity index (χ1n) is 7.75. The van der Waals surface area contributed by atoms with Crippen LogP contribution in [0.5, 0.6) is 0 Å². The molecule has 0 radical (unpaired) electrons. The minimum atomic E-state index is -0.185. The van der Waals surface area contributed by atoms with Crippen LogP contribution in [-0.2, 0) is 0 Å². The van der Waals surface area contributed by atoms with Crippen molar-refractivity contribution in [3.05, 3.63) is 33.8 Å². The van der Waals surface area contributed by atoms with E-state index in [0.717, 1.165) is 18.9 Å². The lowest BCUT2D eigenvalue weighted by molar-refractivity contribution is 0.0954. The van der Waals surface area contributed by atoms with E-state index in [4.69, 9.17) is 23.2 Å². The fourth-order valence-corrected chi connectivity index (χ4v) is 2.69. The van der Waals surface area contributed by atoms with Crippen LogP contribution >= 0.6 is 35.0 Å². The third-order valence-corrected chi connectivity index (χ3v) is 4.61. The number of rotatable bonds is 9. The number of aliphatic imine (C=N–C) groups is 1. The molecule has 0 aliphatic carbocycles. The normalized spacial score (nSPS) is 11.2. The molecule has 3 N–H and O–H groups in total. The lowest BCUT2D eigenvalue weighted by Crippen LogP contribution is -2.41. The van der Waals surface area contributed by atoms with Crippen LogP contribution < -0.4 is 16.0 Å². The molecule has 0 saturated carbocycles. The van der Waals surface area contributed by atoms with Crippen LogP contribution in [0, 0.1) is 0 Å². The maximum absolute atomic E-state index is 12.0. The number of thioether (sulfide) groups is 1. The Morgan fingerprint density at radius 2 is 1.79 bits per heavy atom. The standard InChI is InChI=1S/C16H24Cl2N4OS/c1-19-16(21-7-3-4-10-24-2)22-9-8-20-15(23)12-5-6-13(17)14(18)11-12/h5-6,11H,3-4,7-10H2,1-2H3,(H,20,23)(H2,19,21,22). The first kappa shape index (κ1) is 20.9. The molecule has 1 amide bonds. The molecule has 0 aliphatic rings. The van der Waals surface area contributed by atoms with Crippen molar-refractivity contribution in [2.24, 2.45) is 4.99 Å². The molecule has 5 nitrogen and oxygen atoms in total. The smallest absolute Gasteiger partial charge is 0.251 e. The van der Waals surface area contributed by atoms with E-state index in [9.17, 15) is 4.79 Å². The maximum Gasteiger partial charge on any atom is 0.251 e. The zero-order valence-corrected chi connectivity index (χ0v) is 16.3. The van der Waals surface area contributed by atoms with Gasteiger partial charge in [-0.05, 0) is 43.0 Å². The van der Waals surface area contributed by atoms with Crippen LogP contribution in [0.4, 0.5) is 0 Å². The van der Waals surface area contributed by atoms with Gasteiger partial charge in [-0.2, -0.15) is 11.8 Å². The Hall–Kier alpha value is -1.11. The molecule has 8 heteroatoms. The Bertz CT molecular complexity index is 555. The number of guanidine groups is 1. The molecule has 0 bridgehead atoms. The van der Waals surface area contributed by atoms with E-state index in [-0.39, 0.29) is 5.91 Å². The van der Waals surface area contributed by atoms with Crippen molar-refractivity contribution in [1.82, 2.24) is 16.0 Å². The van der Waals surface area contributed by atoms with Gasteiger partial charge < -0.3 is 16.0 Å². The molecule has 0 spiro atoms. The average molecular weight is 391 g/mol. The molecule has 0 heterocycles. The van der Waals surface area contributed by atoms with Gasteiger partial charge in [0.05, 0.1) is 10.0 Å². The fourth-order valence-electron chi connectivity index (χ4n) is 1.90. The predicted molar refractivity (Wildman–Crippen MR) is 106 cm³/mol. The summed E-state index contributed by atoms with van der Waals surface area (Å²) >= 11 is 13.6. The van der Waals surface area contributed by atoms with Crippen LogP contribution in [-0.4, -0.2) is 50.6 Å². The lowest BCUT2D eigenvalue weighted by atomic mass is 10.2. The second-order valence-corrected chi connectivity index (χ2v) is 6.81. The van der Waals surface area contributed by atoms with E-state index >= 15 is 0 Å². The minimum Gasteiger partial charge on any atom is -0.356 e. The molecule has 134 valence electrons. The Morgan fingerprint density at radius 3 is 2.46 bits per heavy atom. The number of halogens is 2. The number of benzene rings is 1. The van der Waals surface area contributed by atoms with Gasteiger partial charge in [0.1, 0.15) is 0 Å². The molecule has 1 aromatic carbocycles. The molecule has 0 fully saturated rings. The van der Waals surface area contributed by atoms with E-state index < -0.39 is 0 Å². The zero-order valence-electron chi connectivity index (χ0n) is 14.0.